The molecule has 2 aliphatic rings. The third-order valence-corrected chi connectivity index (χ3v) is 16.5. The standard InChI is InChI=1S/C52H51P/c1-39-23-29-43(30-24-39)46-36-50(44-31-25-40(2)26-32-44)52(37-46,47-33-27-41(3)28-34-47)38-53(48-19-9-5-10-20-48,49-21-11-6-12-22-49)51(35-42-15-13-14-16-42)45-17-7-4-8-18-45/h4-12,17-34,36-38,42,51H,13-16,35H2,1-3H3/t51-,52?/m0/s1. The summed E-state index contributed by atoms with van der Waals surface area (Å²) in [7, 11) is 0. The molecular weight excluding hydrogens is 656 g/mol. The third-order valence-electron chi connectivity index (χ3n) is 11.9. The molecule has 1 heteroatoms. The second-order valence-corrected chi connectivity index (χ2v) is 19.0. The monoisotopic (exact) mass is 706 g/mol. The van der Waals surface area contributed by atoms with Gasteiger partial charge < -0.3 is 0 Å². The molecule has 6 aromatic carbocycles. The fourth-order valence-corrected chi connectivity index (χ4v) is 14.2. The Kier molecular flexibility index (Phi) is 10.1. The van der Waals surface area contributed by atoms with E-state index in [4.69, 9.17) is 0 Å². The molecule has 2 atom stereocenters. The maximum atomic E-state index is 2.91. The van der Waals surface area contributed by atoms with Crippen molar-refractivity contribution in [1.82, 2.24) is 0 Å². The van der Waals surface area contributed by atoms with E-state index in [1.807, 2.05) is 0 Å². The normalized spacial score (nSPS) is 18.0. The first kappa shape index (κ1) is 35.1. The lowest BCUT2D eigenvalue weighted by Gasteiger charge is -2.42. The molecule has 0 bridgehead atoms. The Balaban J connectivity index is 1.55. The summed E-state index contributed by atoms with van der Waals surface area (Å²) in [5, 5.41) is 2.90. The van der Waals surface area contributed by atoms with Crippen molar-refractivity contribution in [3.63, 3.8) is 0 Å². The first-order valence-electron chi connectivity index (χ1n) is 19.5. The minimum atomic E-state index is -2.38. The molecule has 264 valence electrons. The van der Waals surface area contributed by atoms with E-state index in [-0.39, 0.29) is 0 Å². The molecule has 1 fully saturated rings. The van der Waals surface area contributed by atoms with E-state index in [2.05, 4.69) is 203 Å². The van der Waals surface area contributed by atoms with Gasteiger partial charge in [-0.25, -0.2) is 0 Å². The molecule has 0 N–H and O–H groups in total. The van der Waals surface area contributed by atoms with Crippen LogP contribution >= 0.6 is 6.89 Å². The van der Waals surface area contributed by atoms with Crippen LogP contribution in [0.4, 0.5) is 0 Å². The van der Waals surface area contributed by atoms with Crippen LogP contribution in [0.5, 0.6) is 0 Å². The topological polar surface area (TPSA) is 0 Å². The minimum Gasteiger partial charge on any atom is -0.0622 e. The van der Waals surface area contributed by atoms with Gasteiger partial charge in [-0.05, 0) is 90.1 Å². The lowest BCUT2D eigenvalue weighted by molar-refractivity contribution is 0.496. The Labute approximate surface area is 318 Å². The highest BCUT2D eigenvalue weighted by atomic mass is 31.2. The summed E-state index contributed by atoms with van der Waals surface area (Å²) in [6.45, 7) is 4.19. The number of benzene rings is 6. The summed E-state index contributed by atoms with van der Waals surface area (Å²) in [5.74, 6) is 3.62. The predicted octanol–water partition coefficient (Wildman–Crippen LogP) is 12.8. The number of allylic oxidation sites excluding steroid dienone is 4. The van der Waals surface area contributed by atoms with Crippen LogP contribution in [0.3, 0.4) is 0 Å². The Hall–Kier alpha value is -4.90. The molecule has 0 aliphatic heterocycles. The Morgan fingerprint density at radius 2 is 1.04 bits per heavy atom. The van der Waals surface area contributed by atoms with Gasteiger partial charge in [-0.2, -0.15) is 0 Å². The summed E-state index contributed by atoms with van der Waals surface area (Å²) >= 11 is 0. The van der Waals surface area contributed by atoms with Crippen LogP contribution in [0.15, 0.2) is 176 Å². The van der Waals surface area contributed by atoms with Gasteiger partial charge in [0.25, 0.3) is 0 Å². The average molecular weight is 707 g/mol. The predicted molar refractivity (Wildman–Crippen MR) is 232 cm³/mol. The summed E-state index contributed by atoms with van der Waals surface area (Å²) in [6.07, 6.45) is 11.6. The van der Waals surface area contributed by atoms with E-state index >= 15 is 0 Å². The van der Waals surface area contributed by atoms with Crippen LogP contribution in [0, 0.1) is 26.7 Å². The van der Waals surface area contributed by atoms with Crippen molar-refractivity contribution >= 4 is 34.4 Å². The Morgan fingerprint density at radius 3 is 1.57 bits per heavy atom. The number of aryl methyl sites for hydroxylation is 3. The smallest absolute Gasteiger partial charge is 0.0588 e. The number of hydrogen-bond donors (Lipinski definition) is 0. The van der Waals surface area contributed by atoms with E-state index in [0.29, 0.717) is 11.6 Å². The van der Waals surface area contributed by atoms with Gasteiger partial charge in [0.15, 0.2) is 0 Å². The van der Waals surface area contributed by atoms with E-state index in [9.17, 15) is 0 Å². The largest absolute Gasteiger partial charge is 0.0622 e. The summed E-state index contributed by atoms with van der Waals surface area (Å²) in [4.78, 5) is 0. The molecule has 2 aliphatic carbocycles. The van der Waals surface area contributed by atoms with Gasteiger partial charge in [-0.3, -0.25) is 0 Å². The van der Waals surface area contributed by atoms with Gasteiger partial charge >= 0.3 is 0 Å². The molecule has 0 spiro atoms. The fraction of sp³-hybridized carbons (Fsp3) is 0.212. The van der Waals surface area contributed by atoms with Crippen molar-refractivity contribution in [3.8, 4) is 0 Å². The first-order valence-corrected chi connectivity index (χ1v) is 21.5. The zero-order chi connectivity index (χ0) is 36.3. The van der Waals surface area contributed by atoms with Crippen molar-refractivity contribution in [2.75, 3.05) is 0 Å². The average Bonchev–Trinajstić information content (AvgIpc) is 3.87. The molecular formula is C52H51P. The van der Waals surface area contributed by atoms with Crippen molar-refractivity contribution < 1.29 is 0 Å². The van der Waals surface area contributed by atoms with Gasteiger partial charge in [0.05, 0.1) is 5.41 Å². The zero-order valence-corrected chi connectivity index (χ0v) is 32.4. The summed E-state index contributed by atoms with van der Waals surface area (Å²) in [5.41, 5.74) is 11.6. The van der Waals surface area contributed by atoms with Crippen LogP contribution in [-0.4, -0.2) is 5.80 Å². The molecule has 0 saturated heterocycles. The molecule has 53 heavy (non-hydrogen) atoms. The van der Waals surface area contributed by atoms with Gasteiger partial charge in [0.1, 0.15) is 0 Å². The highest BCUT2D eigenvalue weighted by Crippen LogP contribution is 2.64. The highest BCUT2D eigenvalue weighted by Gasteiger charge is 2.44. The van der Waals surface area contributed by atoms with Gasteiger partial charge in [-0.15, -0.1) is 0 Å². The Bertz CT molecular complexity index is 2210. The van der Waals surface area contributed by atoms with E-state index in [1.165, 1.54) is 92.8 Å². The molecule has 1 saturated carbocycles. The van der Waals surface area contributed by atoms with Crippen LogP contribution < -0.4 is 10.6 Å². The van der Waals surface area contributed by atoms with Crippen molar-refractivity contribution in [2.24, 2.45) is 5.92 Å². The van der Waals surface area contributed by atoms with E-state index in [1.54, 1.807) is 0 Å². The number of hydrogen-bond acceptors (Lipinski definition) is 0. The molecule has 0 radical (unpaired) electrons. The van der Waals surface area contributed by atoms with Crippen LogP contribution in [0.1, 0.15) is 76.7 Å². The molecule has 8 rings (SSSR count). The van der Waals surface area contributed by atoms with Crippen molar-refractivity contribution in [3.05, 3.63) is 215 Å². The summed E-state index contributed by atoms with van der Waals surface area (Å²) < 4.78 is 0. The second kappa shape index (κ2) is 15.2. The van der Waals surface area contributed by atoms with Gasteiger partial charge in [0, 0.05) is 5.66 Å². The quantitative estimate of drug-likeness (QED) is 0.124. The third kappa shape index (κ3) is 6.99. The van der Waals surface area contributed by atoms with E-state index in [0.717, 1.165) is 0 Å². The lowest BCUT2D eigenvalue weighted by atomic mass is 9.75. The number of rotatable bonds is 10. The van der Waals surface area contributed by atoms with Gasteiger partial charge in [0.2, 0.25) is 0 Å². The van der Waals surface area contributed by atoms with Crippen LogP contribution in [0.2, 0.25) is 0 Å². The Morgan fingerprint density at radius 1 is 0.566 bits per heavy atom. The van der Waals surface area contributed by atoms with Crippen molar-refractivity contribution in [2.45, 2.75) is 63.9 Å². The maximum absolute atomic E-state index is 2.91. The molecule has 0 heterocycles. The van der Waals surface area contributed by atoms with Crippen molar-refractivity contribution in [1.29, 1.82) is 0 Å². The SMILES string of the molecule is Cc1ccc(C2=CC(C=P(c3ccccc3)(c3ccccc3)[C@@H](CC3CCCC3)c3ccccc3)(c3ccc(C)cc3)C(c3ccc(C)cc3)=C2)cc1. The van der Waals surface area contributed by atoms with Crippen LogP contribution in [-0.2, 0) is 5.41 Å². The summed E-state index contributed by atoms with van der Waals surface area (Å²) in [6, 6.07) is 62.6. The molecule has 1 unspecified atom stereocenters. The van der Waals surface area contributed by atoms with Crippen LogP contribution in [0.25, 0.3) is 11.1 Å². The molecule has 6 aromatic rings. The zero-order valence-electron chi connectivity index (χ0n) is 31.5. The minimum absolute atomic E-state index is 0.315. The first-order chi connectivity index (χ1) is 25.9. The molecule has 0 amide bonds. The fourth-order valence-electron chi connectivity index (χ4n) is 9.05. The molecule has 0 nitrogen and oxygen atoms in total. The van der Waals surface area contributed by atoms with Gasteiger partial charge in [-0.1, -0.05) is 218 Å². The highest BCUT2D eigenvalue weighted by molar-refractivity contribution is 7.88. The van der Waals surface area contributed by atoms with E-state index < -0.39 is 12.3 Å². The lowest BCUT2D eigenvalue weighted by Crippen LogP contribution is -2.33. The second-order valence-electron chi connectivity index (χ2n) is 15.5. The maximum Gasteiger partial charge on any atom is 0.0588 e. The molecule has 0 aromatic heterocycles.